The van der Waals surface area contributed by atoms with Crippen LogP contribution in [0.25, 0.3) is 5.52 Å². The van der Waals surface area contributed by atoms with E-state index in [9.17, 15) is 0 Å². The summed E-state index contributed by atoms with van der Waals surface area (Å²) in [5.74, 6) is 0.858. The molecule has 0 saturated carbocycles. The minimum absolute atomic E-state index is 0.281. The van der Waals surface area contributed by atoms with Crippen LogP contribution in [-0.2, 0) is 0 Å². The van der Waals surface area contributed by atoms with Crippen LogP contribution in [-0.4, -0.2) is 27.2 Å². The third-order valence-electron chi connectivity index (χ3n) is 2.86. The van der Waals surface area contributed by atoms with E-state index in [1.165, 1.54) is 12.8 Å². The SMILES string of the molecule is CCCCC(CN)Nc1nccn2nccc12. The number of fused-ring (bicyclic) bond motifs is 1. The van der Waals surface area contributed by atoms with Gasteiger partial charge in [0.05, 0.1) is 6.20 Å². The second-order valence-electron chi connectivity index (χ2n) is 4.16. The Morgan fingerprint density at radius 2 is 2.35 bits per heavy atom. The van der Waals surface area contributed by atoms with Crippen LogP contribution in [0.15, 0.2) is 24.7 Å². The van der Waals surface area contributed by atoms with Crippen molar-refractivity contribution in [3.05, 3.63) is 24.7 Å². The van der Waals surface area contributed by atoms with Crippen LogP contribution in [0.2, 0.25) is 0 Å². The van der Waals surface area contributed by atoms with E-state index >= 15 is 0 Å². The Morgan fingerprint density at radius 1 is 1.47 bits per heavy atom. The van der Waals surface area contributed by atoms with Crippen molar-refractivity contribution in [1.82, 2.24) is 14.6 Å². The number of unbranched alkanes of at least 4 members (excludes halogenated alkanes) is 1. The Kier molecular flexibility index (Phi) is 3.93. The number of hydrogen-bond donors (Lipinski definition) is 2. The van der Waals surface area contributed by atoms with Crippen molar-refractivity contribution in [1.29, 1.82) is 0 Å². The zero-order valence-corrected chi connectivity index (χ0v) is 10.1. The lowest BCUT2D eigenvalue weighted by Gasteiger charge is -2.17. The van der Waals surface area contributed by atoms with Gasteiger partial charge in [0, 0.05) is 25.0 Å². The van der Waals surface area contributed by atoms with E-state index in [-0.39, 0.29) is 6.04 Å². The number of aromatic nitrogens is 3. The molecule has 0 spiro atoms. The first-order chi connectivity index (χ1) is 8.35. The van der Waals surface area contributed by atoms with E-state index in [1.54, 1.807) is 12.4 Å². The molecular formula is C12H19N5. The normalized spacial score (nSPS) is 12.8. The highest BCUT2D eigenvalue weighted by Crippen LogP contribution is 2.14. The summed E-state index contributed by atoms with van der Waals surface area (Å²) in [7, 11) is 0. The third-order valence-corrected chi connectivity index (χ3v) is 2.86. The predicted octanol–water partition coefficient (Wildman–Crippen LogP) is 1.66. The average molecular weight is 233 g/mol. The van der Waals surface area contributed by atoms with Crippen molar-refractivity contribution in [3.8, 4) is 0 Å². The van der Waals surface area contributed by atoms with E-state index in [2.05, 4.69) is 22.3 Å². The Bertz CT molecular complexity index is 465. The highest BCUT2D eigenvalue weighted by molar-refractivity contribution is 5.67. The molecule has 3 N–H and O–H groups in total. The molecule has 1 atom stereocenters. The van der Waals surface area contributed by atoms with Crippen LogP contribution >= 0.6 is 0 Å². The van der Waals surface area contributed by atoms with Crippen molar-refractivity contribution in [2.75, 3.05) is 11.9 Å². The Balaban J connectivity index is 2.13. The van der Waals surface area contributed by atoms with Gasteiger partial charge in [0.1, 0.15) is 5.52 Å². The molecule has 0 radical (unpaired) electrons. The van der Waals surface area contributed by atoms with E-state index in [0.29, 0.717) is 6.54 Å². The van der Waals surface area contributed by atoms with Crippen LogP contribution in [0.5, 0.6) is 0 Å². The van der Waals surface area contributed by atoms with Gasteiger partial charge in [-0.3, -0.25) is 0 Å². The molecule has 0 amide bonds. The average Bonchev–Trinajstić information content (AvgIpc) is 2.83. The van der Waals surface area contributed by atoms with E-state index in [0.717, 1.165) is 17.8 Å². The summed E-state index contributed by atoms with van der Waals surface area (Å²) in [5, 5.41) is 7.58. The second-order valence-corrected chi connectivity index (χ2v) is 4.16. The molecular weight excluding hydrogens is 214 g/mol. The maximum Gasteiger partial charge on any atom is 0.152 e. The molecule has 0 aliphatic heterocycles. The molecule has 17 heavy (non-hydrogen) atoms. The number of hydrogen-bond acceptors (Lipinski definition) is 4. The quantitative estimate of drug-likeness (QED) is 0.796. The van der Waals surface area contributed by atoms with Gasteiger partial charge in [-0.1, -0.05) is 19.8 Å². The molecule has 0 aliphatic carbocycles. The summed E-state index contributed by atoms with van der Waals surface area (Å²) in [6, 6.07) is 2.23. The van der Waals surface area contributed by atoms with E-state index < -0.39 is 0 Å². The summed E-state index contributed by atoms with van der Waals surface area (Å²) in [6.45, 7) is 2.81. The summed E-state index contributed by atoms with van der Waals surface area (Å²) in [4.78, 5) is 4.35. The first-order valence-electron chi connectivity index (χ1n) is 6.10. The molecule has 2 heterocycles. The van der Waals surface area contributed by atoms with E-state index in [4.69, 9.17) is 5.73 Å². The maximum absolute atomic E-state index is 5.77. The zero-order valence-electron chi connectivity index (χ0n) is 10.1. The summed E-state index contributed by atoms with van der Waals surface area (Å²) < 4.78 is 1.81. The van der Waals surface area contributed by atoms with Gasteiger partial charge in [-0.2, -0.15) is 5.10 Å². The second kappa shape index (κ2) is 5.63. The van der Waals surface area contributed by atoms with Crippen LogP contribution < -0.4 is 11.1 Å². The largest absolute Gasteiger partial charge is 0.364 e. The van der Waals surface area contributed by atoms with Crippen molar-refractivity contribution >= 4 is 11.3 Å². The molecule has 92 valence electrons. The zero-order chi connectivity index (χ0) is 12.1. The number of nitrogens with zero attached hydrogens (tertiary/aromatic N) is 3. The summed E-state index contributed by atoms with van der Waals surface area (Å²) in [5.41, 5.74) is 6.76. The van der Waals surface area contributed by atoms with Gasteiger partial charge in [0.2, 0.25) is 0 Å². The fraction of sp³-hybridized carbons (Fsp3) is 0.500. The monoisotopic (exact) mass is 233 g/mol. The number of rotatable bonds is 6. The molecule has 2 aromatic heterocycles. The van der Waals surface area contributed by atoms with Crippen LogP contribution in [0, 0.1) is 0 Å². The molecule has 2 aromatic rings. The van der Waals surface area contributed by atoms with Gasteiger partial charge in [0.15, 0.2) is 5.82 Å². The fourth-order valence-electron chi connectivity index (χ4n) is 1.86. The van der Waals surface area contributed by atoms with Crippen molar-refractivity contribution in [3.63, 3.8) is 0 Å². The lowest BCUT2D eigenvalue weighted by molar-refractivity contribution is 0.612. The van der Waals surface area contributed by atoms with E-state index in [1.807, 2.05) is 16.8 Å². The number of anilines is 1. The third kappa shape index (κ3) is 2.74. The van der Waals surface area contributed by atoms with Gasteiger partial charge in [-0.15, -0.1) is 0 Å². The molecule has 0 aliphatic rings. The van der Waals surface area contributed by atoms with Gasteiger partial charge >= 0.3 is 0 Å². The molecule has 0 aromatic carbocycles. The number of nitrogens with one attached hydrogen (secondary N) is 1. The highest BCUT2D eigenvalue weighted by Gasteiger charge is 2.09. The highest BCUT2D eigenvalue weighted by atomic mass is 15.2. The Labute approximate surface area is 101 Å². The van der Waals surface area contributed by atoms with Gasteiger partial charge < -0.3 is 11.1 Å². The predicted molar refractivity (Wildman–Crippen MR) is 69.0 cm³/mol. The maximum atomic E-state index is 5.77. The molecule has 2 rings (SSSR count). The van der Waals surface area contributed by atoms with Crippen LogP contribution in [0.3, 0.4) is 0 Å². The minimum atomic E-state index is 0.281. The molecule has 0 saturated heterocycles. The minimum Gasteiger partial charge on any atom is -0.364 e. The Morgan fingerprint density at radius 3 is 3.12 bits per heavy atom. The molecule has 1 unspecified atom stereocenters. The lowest BCUT2D eigenvalue weighted by atomic mass is 10.1. The molecule has 5 heteroatoms. The smallest absolute Gasteiger partial charge is 0.152 e. The first kappa shape index (κ1) is 11.9. The lowest BCUT2D eigenvalue weighted by Crippen LogP contribution is -2.29. The van der Waals surface area contributed by atoms with Gasteiger partial charge in [0.25, 0.3) is 0 Å². The molecule has 0 fully saturated rings. The first-order valence-corrected chi connectivity index (χ1v) is 6.10. The summed E-state index contributed by atoms with van der Waals surface area (Å²) >= 11 is 0. The molecule has 0 bridgehead atoms. The number of nitrogens with two attached hydrogens (primary N) is 1. The van der Waals surface area contributed by atoms with Crippen molar-refractivity contribution in [2.24, 2.45) is 5.73 Å². The summed E-state index contributed by atoms with van der Waals surface area (Å²) in [6.07, 6.45) is 8.79. The topological polar surface area (TPSA) is 68.2 Å². The Hall–Kier alpha value is -1.62. The van der Waals surface area contributed by atoms with Gasteiger partial charge in [-0.05, 0) is 12.5 Å². The fourth-order valence-corrected chi connectivity index (χ4v) is 1.86. The standard InChI is InChI=1S/C12H19N5/c1-2-3-4-10(9-13)16-12-11-5-6-15-17(11)8-7-14-12/h5-8,10H,2-4,9,13H2,1H3,(H,14,16). The van der Waals surface area contributed by atoms with Crippen molar-refractivity contribution < 1.29 is 0 Å². The van der Waals surface area contributed by atoms with Gasteiger partial charge in [-0.25, -0.2) is 9.50 Å². The molecule has 5 nitrogen and oxygen atoms in total. The van der Waals surface area contributed by atoms with Crippen molar-refractivity contribution in [2.45, 2.75) is 32.2 Å². The van der Waals surface area contributed by atoms with Crippen LogP contribution in [0.1, 0.15) is 26.2 Å². The van der Waals surface area contributed by atoms with Crippen LogP contribution in [0.4, 0.5) is 5.82 Å².